The number of esters is 1. The second-order valence-electron chi connectivity index (χ2n) is 7.72. The van der Waals surface area contributed by atoms with Crippen LogP contribution in [0, 0.1) is 11.6 Å². The first-order chi connectivity index (χ1) is 13.9. The molecule has 1 N–H and O–H groups in total. The fourth-order valence-electron chi connectivity index (χ4n) is 4.07. The van der Waals surface area contributed by atoms with E-state index in [1.165, 1.54) is 19.2 Å². The summed E-state index contributed by atoms with van der Waals surface area (Å²) in [4.78, 5) is 26.6. The van der Waals surface area contributed by atoms with Gasteiger partial charge in [-0.25, -0.2) is 13.6 Å². The zero-order chi connectivity index (χ0) is 20.6. The molecule has 4 rings (SSSR count). The minimum Gasteiger partial charge on any atom is -0.468 e. The van der Waals surface area contributed by atoms with Gasteiger partial charge in [0, 0.05) is 31.1 Å². The summed E-state index contributed by atoms with van der Waals surface area (Å²) < 4.78 is 32.3. The van der Waals surface area contributed by atoms with Crippen LogP contribution < -0.4 is 5.32 Å². The Kier molecular flexibility index (Phi) is 4.98. The topological polar surface area (TPSA) is 58.6 Å². The smallest absolute Gasteiger partial charge is 0.317 e. The summed E-state index contributed by atoms with van der Waals surface area (Å²) in [5, 5.41) is 2.88. The third-order valence-electron chi connectivity index (χ3n) is 5.90. The maximum absolute atomic E-state index is 14.2. The normalized spacial score (nSPS) is 19.3. The van der Waals surface area contributed by atoms with E-state index < -0.39 is 23.0 Å². The van der Waals surface area contributed by atoms with Crippen LogP contribution in [0.1, 0.15) is 35.4 Å². The molecule has 2 aliphatic rings. The summed E-state index contributed by atoms with van der Waals surface area (Å²) in [6.45, 7) is 0.857. The minimum atomic E-state index is -0.619. The molecule has 0 saturated heterocycles. The quantitative estimate of drug-likeness (QED) is 0.800. The maximum atomic E-state index is 14.2. The van der Waals surface area contributed by atoms with Crippen molar-refractivity contribution in [3.63, 3.8) is 0 Å². The van der Waals surface area contributed by atoms with Gasteiger partial charge < -0.3 is 15.0 Å². The van der Waals surface area contributed by atoms with Gasteiger partial charge in [0.15, 0.2) is 0 Å². The zero-order valence-corrected chi connectivity index (χ0v) is 16.1. The molecule has 2 aromatic carbocycles. The van der Waals surface area contributed by atoms with Crippen LogP contribution in [-0.4, -0.2) is 37.1 Å². The second-order valence-corrected chi connectivity index (χ2v) is 7.72. The van der Waals surface area contributed by atoms with E-state index in [2.05, 4.69) is 5.32 Å². The van der Waals surface area contributed by atoms with Crippen LogP contribution in [-0.2, 0) is 21.5 Å². The maximum Gasteiger partial charge on any atom is 0.317 e. The number of hydrogen-bond acceptors (Lipinski definition) is 3. The van der Waals surface area contributed by atoms with Crippen molar-refractivity contribution in [1.29, 1.82) is 0 Å². The van der Waals surface area contributed by atoms with Crippen LogP contribution in [0.5, 0.6) is 0 Å². The number of hydrogen-bond donors (Lipinski definition) is 1. The fourth-order valence-corrected chi connectivity index (χ4v) is 4.07. The number of halogens is 2. The first kappa shape index (κ1) is 19.4. The molecular weight excluding hydrogens is 378 g/mol. The Balaban J connectivity index is 1.47. The van der Waals surface area contributed by atoms with E-state index in [0.717, 1.165) is 30.0 Å². The van der Waals surface area contributed by atoms with Crippen molar-refractivity contribution >= 4 is 12.0 Å². The first-order valence-corrected chi connectivity index (χ1v) is 9.57. The Morgan fingerprint density at radius 1 is 1.21 bits per heavy atom. The van der Waals surface area contributed by atoms with E-state index in [9.17, 15) is 18.4 Å². The predicted molar refractivity (Wildman–Crippen MR) is 102 cm³/mol. The molecule has 2 aromatic rings. The van der Waals surface area contributed by atoms with Gasteiger partial charge in [0.05, 0.1) is 13.0 Å². The van der Waals surface area contributed by atoms with Crippen molar-refractivity contribution in [3.05, 3.63) is 70.8 Å². The molecule has 1 unspecified atom stereocenters. The highest BCUT2D eigenvalue weighted by Crippen LogP contribution is 2.48. The summed E-state index contributed by atoms with van der Waals surface area (Å²) in [5.74, 6) is -2.14. The number of carbonyl (C=O) groups is 2. The molecule has 0 bridgehead atoms. The van der Waals surface area contributed by atoms with Gasteiger partial charge in [0.2, 0.25) is 0 Å². The molecule has 7 heteroatoms. The lowest BCUT2D eigenvalue weighted by Crippen LogP contribution is -2.47. The predicted octanol–water partition coefficient (Wildman–Crippen LogP) is 3.48. The van der Waals surface area contributed by atoms with Gasteiger partial charge >= 0.3 is 12.0 Å². The van der Waals surface area contributed by atoms with Gasteiger partial charge in [0.25, 0.3) is 0 Å². The van der Waals surface area contributed by atoms with E-state index >= 15 is 0 Å². The number of urea groups is 1. The molecule has 1 heterocycles. The number of carbonyl (C=O) groups excluding carboxylic acids is 2. The highest BCUT2D eigenvalue weighted by molar-refractivity contribution is 5.82. The Labute approximate surface area is 167 Å². The third-order valence-corrected chi connectivity index (χ3v) is 5.90. The van der Waals surface area contributed by atoms with Crippen LogP contribution in [0.4, 0.5) is 13.6 Å². The number of rotatable bonds is 4. The molecule has 152 valence electrons. The highest BCUT2D eigenvalue weighted by Gasteiger charge is 2.46. The number of amides is 2. The molecular formula is C22H22F2N2O3. The second kappa shape index (κ2) is 7.46. The van der Waals surface area contributed by atoms with Crippen LogP contribution in [0.25, 0.3) is 0 Å². The van der Waals surface area contributed by atoms with Gasteiger partial charge in [-0.15, -0.1) is 0 Å². The third kappa shape index (κ3) is 3.69. The molecule has 1 saturated carbocycles. The van der Waals surface area contributed by atoms with E-state index in [1.54, 1.807) is 4.90 Å². The zero-order valence-electron chi connectivity index (χ0n) is 16.1. The molecule has 0 spiro atoms. The van der Waals surface area contributed by atoms with Crippen molar-refractivity contribution in [1.82, 2.24) is 10.2 Å². The summed E-state index contributed by atoms with van der Waals surface area (Å²) in [6, 6.07) is 10.7. The van der Waals surface area contributed by atoms with Gasteiger partial charge in [0.1, 0.15) is 11.6 Å². The summed E-state index contributed by atoms with van der Waals surface area (Å²) in [7, 11) is 1.33. The Bertz CT molecular complexity index is 959. The van der Waals surface area contributed by atoms with Crippen LogP contribution in [0.15, 0.2) is 42.5 Å². The van der Waals surface area contributed by atoms with Gasteiger partial charge in [-0.1, -0.05) is 30.3 Å². The average molecular weight is 400 g/mol. The van der Waals surface area contributed by atoms with E-state index in [-0.39, 0.29) is 25.1 Å². The number of benzene rings is 2. The van der Waals surface area contributed by atoms with Crippen molar-refractivity contribution in [3.8, 4) is 0 Å². The number of methoxy groups -OCH3 is 1. The number of fused-ring (bicyclic) bond motifs is 1. The summed E-state index contributed by atoms with van der Waals surface area (Å²) in [6.07, 6.45) is 1.45. The lowest BCUT2D eigenvalue weighted by Gasteiger charge is -2.33. The molecule has 2 amide bonds. The SMILES string of the molecule is COC(=O)C1CN(C(=O)NCC2(c3ccc(F)cc3F)CC2)Cc2ccccc21. The van der Waals surface area contributed by atoms with Crippen LogP contribution in [0.3, 0.4) is 0 Å². The molecule has 1 aliphatic carbocycles. The molecule has 1 atom stereocenters. The van der Waals surface area contributed by atoms with Crippen LogP contribution >= 0.6 is 0 Å². The first-order valence-electron chi connectivity index (χ1n) is 9.57. The van der Waals surface area contributed by atoms with Gasteiger partial charge in [-0.2, -0.15) is 0 Å². The van der Waals surface area contributed by atoms with Crippen molar-refractivity contribution < 1.29 is 23.1 Å². The van der Waals surface area contributed by atoms with E-state index in [0.29, 0.717) is 12.1 Å². The fraction of sp³-hybridized carbons (Fsp3) is 0.364. The summed E-state index contributed by atoms with van der Waals surface area (Å²) >= 11 is 0. The molecule has 1 aliphatic heterocycles. The van der Waals surface area contributed by atoms with E-state index in [1.807, 2.05) is 24.3 Å². The highest BCUT2D eigenvalue weighted by atomic mass is 19.1. The standard InChI is InChI=1S/C22H22F2N2O3/c1-29-20(27)17-12-26(11-14-4-2-3-5-16(14)17)21(28)25-13-22(8-9-22)18-7-6-15(23)10-19(18)24/h2-7,10,17H,8-9,11-13H2,1H3,(H,25,28). The van der Waals surface area contributed by atoms with Crippen LogP contribution in [0.2, 0.25) is 0 Å². The number of nitrogens with one attached hydrogen (secondary N) is 1. The van der Waals surface area contributed by atoms with E-state index in [4.69, 9.17) is 4.74 Å². The largest absolute Gasteiger partial charge is 0.468 e. The van der Waals surface area contributed by atoms with Gasteiger partial charge in [-0.3, -0.25) is 4.79 Å². The molecule has 1 fully saturated rings. The lowest BCUT2D eigenvalue weighted by molar-refractivity contribution is -0.143. The Morgan fingerprint density at radius 2 is 1.97 bits per heavy atom. The van der Waals surface area contributed by atoms with Crippen molar-refractivity contribution in [2.75, 3.05) is 20.2 Å². The Morgan fingerprint density at radius 3 is 2.66 bits per heavy atom. The number of nitrogens with zero attached hydrogens (tertiary/aromatic N) is 1. The minimum absolute atomic E-state index is 0.216. The molecule has 0 radical (unpaired) electrons. The monoisotopic (exact) mass is 400 g/mol. The Hall–Kier alpha value is -2.96. The molecule has 0 aromatic heterocycles. The number of ether oxygens (including phenoxy) is 1. The molecule has 29 heavy (non-hydrogen) atoms. The van der Waals surface area contributed by atoms with Gasteiger partial charge in [-0.05, 0) is 35.6 Å². The van der Waals surface area contributed by atoms with Crippen molar-refractivity contribution in [2.24, 2.45) is 0 Å². The average Bonchev–Trinajstić information content (AvgIpc) is 3.51. The van der Waals surface area contributed by atoms with Crippen molar-refractivity contribution in [2.45, 2.75) is 30.7 Å². The lowest BCUT2D eigenvalue weighted by atomic mass is 9.90. The summed E-state index contributed by atoms with van der Waals surface area (Å²) in [5.41, 5.74) is 1.70. The molecule has 5 nitrogen and oxygen atoms in total.